The van der Waals surface area contributed by atoms with E-state index in [0.29, 0.717) is 32.1 Å². The first-order valence-electron chi connectivity index (χ1n) is 33.1. The summed E-state index contributed by atoms with van der Waals surface area (Å²) in [7, 11) is 0. The molecule has 4 saturated carbocycles. The van der Waals surface area contributed by atoms with Crippen LogP contribution in [0, 0.1) is 50.2 Å². The lowest BCUT2D eigenvalue weighted by molar-refractivity contribution is -0.377. The minimum absolute atomic E-state index is 0.0855. The van der Waals surface area contributed by atoms with Crippen LogP contribution in [-0.4, -0.2) is 315 Å². The largest absolute Gasteiger partial charge is 0.432 e. The molecule has 11 aliphatic rings. The Labute approximate surface area is 543 Å². The molecule has 0 bridgehead atoms. The van der Waals surface area contributed by atoms with Crippen LogP contribution in [0.3, 0.4) is 0 Å². The van der Waals surface area contributed by atoms with Crippen LogP contribution in [0.2, 0.25) is 0 Å². The highest BCUT2D eigenvalue weighted by Crippen LogP contribution is 2.76. The summed E-state index contributed by atoms with van der Waals surface area (Å²) in [6, 6.07) is 0. The van der Waals surface area contributed by atoms with Gasteiger partial charge >= 0.3 is 5.97 Å². The summed E-state index contributed by atoms with van der Waals surface area (Å²) in [6.07, 6.45) is -43.3. The molecular weight excluding hydrogens is 1250 g/mol. The highest BCUT2D eigenvalue weighted by molar-refractivity contribution is 5.80. The van der Waals surface area contributed by atoms with Crippen molar-refractivity contribution in [3.8, 4) is 0 Å². The van der Waals surface area contributed by atoms with E-state index in [9.17, 15) is 91.9 Å². The van der Waals surface area contributed by atoms with Gasteiger partial charge in [-0.15, -0.1) is 0 Å². The van der Waals surface area contributed by atoms with Crippen LogP contribution < -0.4 is 0 Å². The number of aliphatic hydroxyl groups excluding tert-OH is 18. The molecule has 38 atom stereocenters. The molecule has 94 heavy (non-hydrogen) atoms. The molecule has 31 heteroatoms. The van der Waals surface area contributed by atoms with E-state index in [1.165, 1.54) is 13.8 Å². The first-order valence-corrected chi connectivity index (χ1v) is 33.1. The third-order valence-electron chi connectivity index (χ3n) is 24.5. The van der Waals surface area contributed by atoms with Crippen LogP contribution in [0.1, 0.15) is 107 Å². The number of esters is 1. The Balaban J connectivity index is 0.795. The predicted molar refractivity (Wildman–Crippen MR) is 311 cm³/mol. The molecule has 6 heterocycles. The SMILES string of the molecule is C[C@@H]1O[C@@H](O[C@@H]2[C@@H](O)[C@H](O[C@@H]3[C@@H](O)[C@@H](O)[C@H](O[C@H]4[C@H](OC(=O)[C@]56CCC(C)(C)C[C@H]5C5=CC[C@H]7[C@@]8(C)C[C@H](O)[C@H](O[C@@H]9O[C@H](CO)[C@@H](O)[C@H](O[C@@H]%10OC[C@@H](O)[C@H](O)[C@H]%10O)[C@H]9O)[C@@](C)(CO)[C@H]8CC[C@@]7(C)[C@]5(C)C[C@H]6O)OC[C@H](O)[C@@H]4O)O[C@H]3C)OC[C@H]2O)[C@H](O)[C@H](O)[C@H]1O. The lowest BCUT2D eigenvalue weighted by Crippen LogP contribution is -2.71. The van der Waals surface area contributed by atoms with Gasteiger partial charge in [0.25, 0.3) is 0 Å². The van der Waals surface area contributed by atoms with Gasteiger partial charge in [-0.05, 0) is 105 Å². The zero-order valence-electron chi connectivity index (χ0n) is 54.2. The number of ether oxygens (including phenoxy) is 12. The Morgan fingerprint density at radius 3 is 1.71 bits per heavy atom. The Bertz CT molecular complexity index is 2660. The van der Waals surface area contributed by atoms with Crippen LogP contribution in [0.25, 0.3) is 0 Å². The van der Waals surface area contributed by atoms with E-state index >= 15 is 4.79 Å². The monoisotopic (exact) mass is 1350 g/mol. The second-order valence-electron chi connectivity index (χ2n) is 30.6. The van der Waals surface area contributed by atoms with Gasteiger partial charge in [0.1, 0.15) is 115 Å². The molecule has 6 aliphatic heterocycles. The van der Waals surface area contributed by atoms with Crippen molar-refractivity contribution in [2.24, 2.45) is 50.2 Å². The van der Waals surface area contributed by atoms with E-state index in [2.05, 4.69) is 40.7 Å². The number of aliphatic hydroxyl groups is 18. The third-order valence-corrected chi connectivity index (χ3v) is 24.5. The van der Waals surface area contributed by atoms with Gasteiger partial charge in [-0.3, -0.25) is 4.79 Å². The number of carbonyl (C=O) groups is 1. The van der Waals surface area contributed by atoms with E-state index < -0.39 is 256 Å². The molecular formula is C63H102O31. The van der Waals surface area contributed by atoms with E-state index in [1.807, 2.05) is 0 Å². The fourth-order valence-electron chi connectivity index (χ4n) is 18.8. The van der Waals surface area contributed by atoms with E-state index in [4.69, 9.17) is 56.8 Å². The average molecular weight is 1360 g/mol. The zero-order chi connectivity index (χ0) is 68.6. The van der Waals surface area contributed by atoms with Crippen molar-refractivity contribution in [3.63, 3.8) is 0 Å². The maximum absolute atomic E-state index is 15.5. The standard InChI is InChI=1S/C63H102O31/c1-23-35(71)39(75)42(78)53(86-23)90-47-30(69)21-84-52(44(47)80)89-46-24(2)87-54(43(79)40(46)76)92-49-37(73)29(68)20-85-56(49)94-57(82)63-14-13-58(3,4)15-26(63)25-9-10-33-59(5)16-27(66)50(60(6,22-65)32(59)11-12-61(33,7)62(25,8)17-34(63)70)93-55-45(81)48(38(74)31(18-64)88-55)91-51-41(77)36(72)28(67)19-83-51/h9,23-24,26-56,64-81H,10-22H2,1-8H3/t23-,24-,26-,27-,28+,29-,30+,31+,32-,33-,34+,35-,36-,37-,38+,39+,40-,41+,42+,43+,44+,45+,46-,47-,48-,49+,50-,51-,52-,53-,54-,55-,56-,59-,60-,61+,62+,63+/m0/s1. The summed E-state index contributed by atoms with van der Waals surface area (Å²) in [5, 5.41) is 200. The molecule has 0 aromatic rings. The summed E-state index contributed by atoms with van der Waals surface area (Å²) >= 11 is 0. The minimum atomic E-state index is -2.00. The Morgan fingerprint density at radius 2 is 1.05 bits per heavy atom. The number of allylic oxidation sites excluding steroid dienone is 2. The maximum Gasteiger partial charge on any atom is 0.317 e. The first-order chi connectivity index (χ1) is 44.0. The van der Waals surface area contributed by atoms with Crippen LogP contribution in [0.5, 0.6) is 0 Å². The van der Waals surface area contributed by atoms with Gasteiger partial charge in [0.05, 0.1) is 63.6 Å². The quantitative estimate of drug-likeness (QED) is 0.0438. The summed E-state index contributed by atoms with van der Waals surface area (Å²) in [5.41, 5.74) is -4.38. The molecule has 540 valence electrons. The van der Waals surface area contributed by atoms with Gasteiger partial charge in [0, 0.05) is 5.41 Å². The van der Waals surface area contributed by atoms with Crippen LogP contribution >= 0.6 is 0 Å². The Morgan fingerprint density at radius 1 is 0.500 bits per heavy atom. The average Bonchev–Trinajstić information content (AvgIpc) is 0.670. The molecule has 0 spiro atoms. The van der Waals surface area contributed by atoms with Crippen molar-refractivity contribution in [1.82, 2.24) is 0 Å². The van der Waals surface area contributed by atoms with Gasteiger partial charge in [-0.1, -0.05) is 53.2 Å². The molecule has 6 saturated heterocycles. The van der Waals surface area contributed by atoms with Gasteiger partial charge in [-0.2, -0.15) is 0 Å². The molecule has 0 aromatic heterocycles. The summed E-state index contributed by atoms with van der Waals surface area (Å²) in [5.74, 6) is -2.05. The third kappa shape index (κ3) is 12.2. The molecule has 0 amide bonds. The second-order valence-corrected chi connectivity index (χ2v) is 30.6. The van der Waals surface area contributed by atoms with Gasteiger partial charge < -0.3 is 149 Å². The second kappa shape index (κ2) is 27.1. The van der Waals surface area contributed by atoms with Crippen molar-refractivity contribution >= 4 is 5.97 Å². The fourth-order valence-corrected chi connectivity index (χ4v) is 18.8. The van der Waals surface area contributed by atoms with Crippen molar-refractivity contribution in [2.75, 3.05) is 33.0 Å². The van der Waals surface area contributed by atoms with Crippen molar-refractivity contribution < 1.29 is 154 Å². The molecule has 0 aromatic carbocycles. The molecule has 10 fully saturated rings. The minimum Gasteiger partial charge on any atom is -0.432 e. The normalized spacial score (nSPS) is 56.1. The smallest absolute Gasteiger partial charge is 0.317 e. The molecule has 5 aliphatic carbocycles. The van der Waals surface area contributed by atoms with Gasteiger partial charge in [0.15, 0.2) is 37.6 Å². The van der Waals surface area contributed by atoms with E-state index in [1.54, 1.807) is 6.92 Å². The zero-order valence-corrected chi connectivity index (χ0v) is 54.2. The summed E-state index contributed by atoms with van der Waals surface area (Å²) < 4.78 is 70.7. The molecule has 11 rings (SSSR count). The maximum atomic E-state index is 15.5. The highest BCUT2D eigenvalue weighted by Gasteiger charge is 2.73. The number of rotatable bonds is 14. The lowest BCUT2D eigenvalue weighted by Gasteiger charge is -2.72. The number of carbonyl (C=O) groups excluding carboxylic acids is 1. The van der Waals surface area contributed by atoms with E-state index in [0.717, 1.165) is 5.57 Å². The van der Waals surface area contributed by atoms with Crippen molar-refractivity contribution in [3.05, 3.63) is 11.6 Å². The number of fused-ring (bicyclic) bond motifs is 7. The molecule has 0 radical (unpaired) electrons. The molecule has 0 unspecified atom stereocenters. The van der Waals surface area contributed by atoms with Crippen molar-refractivity contribution in [2.45, 2.75) is 291 Å². The Hall–Kier alpha value is -1.95. The van der Waals surface area contributed by atoms with Gasteiger partial charge in [0.2, 0.25) is 6.29 Å². The molecule has 18 N–H and O–H groups in total. The first kappa shape index (κ1) is 73.3. The van der Waals surface area contributed by atoms with Crippen LogP contribution in [0.4, 0.5) is 0 Å². The highest BCUT2D eigenvalue weighted by atomic mass is 16.8. The summed E-state index contributed by atoms with van der Waals surface area (Å²) in [4.78, 5) is 15.5. The van der Waals surface area contributed by atoms with Crippen LogP contribution in [-0.2, 0) is 61.6 Å². The predicted octanol–water partition coefficient (Wildman–Crippen LogP) is -5.50. The van der Waals surface area contributed by atoms with Crippen molar-refractivity contribution in [1.29, 1.82) is 0 Å². The lowest BCUT2D eigenvalue weighted by atomic mass is 9.33. The summed E-state index contributed by atoms with van der Waals surface area (Å²) in [6.45, 7) is 12.5. The van der Waals surface area contributed by atoms with Gasteiger partial charge in [-0.25, -0.2) is 0 Å². The Kier molecular flexibility index (Phi) is 21.1. The number of hydrogen-bond acceptors (Lipinski definition) is 31. The number of hydrogen-bond donors (Lipinski definition) is 18. The fraction of sp³-hybridized carbons (Fsp3) is 0.952. The van der Waals surface area contributed by atoms with Crippen LogP contribution in [0.15, 0.2) is 11.6 Å². The topological polar surface area (TPSA) is 492 Å². The molecule has 31 nitrogen and oxygen atoms in total. The van der Waals surface area contributed by atoms with E-state index in [-0.39, 0.29) is 36.5 Å².